The summed E-state index contributed by atoms with van der Waals surface area (Å²) in [6.07, 6.45) is 0. The minimum Gasteiger partial charge on any atom is -0.466 e. The third-order valence-corrected chi connectivity index (χ3v) is 6.47. The Labute approximate surface area is 190 Å². The molecule has 1 spiro atoms. The number of methoxy groups -OCH3 is 3. The average Bonchev–Trinajstić information content (AvgIpc) is 3.34. The molecule has 6 heteroatoms. The van der Waals surface area contributed by atoms with Crippen LogP contribution in [0.2, 0.25) is 0 Å². The molecule has 164 valence electrons. The molecular weight excluding hydrogens is 420 g/mol. The number of benzene rings is 3. The highest BCUT2D eigenvalue weighted by atomic mass is 16.5. The van der Waals surface area contributed by atoms with E-state index in [2.05, 4.69) is 0 Å². The fourth-order valence-electron chi connectivity index (χ4n) is 5.24. The minimum atomic E-state index is -1.15. The molecule has 0 saturated heterocycles. The van der Waals surface area contributed by atoms with Gasteiger partial charge in [0.25, 0.3) is 0 Å². The fourth-order valence-corrected chi connectivity index (χ4v) is 5.24. The van der Waals surface area contributed by atoms with E-state index >= 15 is 0 Å². The maximum absolute atomic E-state index is 13.4. The first-order valence-electron chi connectivity index (χ1n) is 10.3. The van der Waals surface area contributed by atoms with Crippen LogP contribution in [0.25, 0.3) is 16.7 Å². The van der Waals surface area contributed by atoms with E-state index in [-0.39, 0.29) is 11.1 Å². The molecule has 0 N–H and O–H groups in total. The highest BCUT2D eigenvalue weighted by molar-refractivity contribution is 6.27. The zero-order chi connectivity index (χ0) is 23.3. The highest BCUT2D eigenvalue weighted by Crippen LogP contribution is 2.62. The second-order valence-corrected chi connectivity index (χ2v) is 7.83. The summed E-state index contributed by atoms with van der Waals surface area (Å²) in [7, 11) is 3.87. The Hall–Kier alpha value is -4.19. The van der Waals surface area contributed by atoms with Crippen molar-refractivity contribution in [1.82, 2.24) is 0 Å². The van der Waals surface area contributed by atoms with Crippen molar-refractivity contribution in [2.24, 2.45) is 0 Å². The Balaban J connectivity index is 2.00. The van der Waals surface area contributed by atoms with Crippen LogP contribution in [-0.4, -0.2) is 39.2 Å². The lowest BCUT2D eigenvalue weighted by molar-refractivity contribution is -0.138. The van der Waals surface area contributed by atoms with E-state index < -0.39 is 23.3 Å². The van der Waals surface area contributed by atoms with E-state index in [0.717, 1.165) is 22.3 Å². The molecule has 3 aromatic rings. The Bertz CT molecular complexity index is 1340. The van der Waals surface area contributed by atoms with E-state index in [1.54, 1.807) is 18.2 Å². The lowest BCUT2D eigenvalue weighted by Crippen LogP contribution is -2.32. The molecule has 0 saturated carbocycles. The maximum atomic E-state index is 13.4. The average molecular weight is 440 g/mol. The summed E-state index contributed by atoms with van der Waals surface area (Å²) in [5, 5.41) is 0. The van der Waals surface area contributed by atoms with Gasteiger partial charge < -0.3 is 14.2 Å². The second-order valence-electron chi connectivity index (χ2n) is 7.83. The van der Waals surface area contributed by atoms with Gasteiger partial charge in [-0.15, -0.1) is 0 Å². The van der Waals surface area contributed by atoms with Gasteiger partial charge in [-0.2, -0.15) is 0 Å². The predicted octanol–water partition coefficient (Wildman–Crippen LogP) is 3.90. The third kappa shape index (κ3) is 2.58. The van der Waals surface area contributed by atoms with Gasteiger partial charge in [-0.05, 0) is 45.5 Å². The van der Waals surface area contributed by atoms with Crippen LogP contribution in [0, 0.1) is 0 Å². The topological polar surface area (TPSA) is 78.9 Å². The number of rotatable bonds is 3. The summed E-state index contributed by atoms with van der Waals surface area (Å²) in [6.45, 7) is 0. The normalized spacial score (nSPS) is 14.4. The number of hydrogen-bond acceptors (Lipinski definition) is 6. The molecule has 0 heterocycles. The van der Waals surface area contributed by atoms with E-state index in [9.17, 15) is 14.4 Å². The molecule has 0 fully saturated rings. The van der Waals surface area contributed by atoms with Gasteiger partial charge in [-0.25, -0.2) is 14.4 Å². The van der Waals surface area contributed by atoms with Crippen molar-refractivity contribution in [3.8, 4) is 11.1 Å². The van der Waals surface area contributed by atoms with Crippen molar-refractivity contribution in [2.45, 2.75) is 5.41 Å². The number of hydrogen-bond donors (Lipinski definition) is 0. The summed E-state index contributed by atoms with van der Waals surface area (Å²) in [6, 6.07) is 20.4. The summed E-state index contributed by atoms with van der Waals surface area (Å²) in [5.74, 6) is -1.81. The fraction of sp³-hybridized carbons (Fsp3) is 0.148. The smallest absolute Gasteiger partial charge is 0.339 e. The van der Waals surface area contributed by atoms with Crippen molar-refractivity contribution in [1.29, 1.82) is 0 Å². The van der Waals surface area contributed by atoms with Crippen LogP contribution >= 0.6 is 0 Å². The Morgan fingerprint density at radius 2 is 1.15 bits per heavy atom. The van der Waals surface area contributed by atoms with E-state index in [0.29, 0.717) is 16.7 Å². The first-order chi connectivity index (χ1) is 16.0. The van der Waals surface area contributed by atoms with Crippen LogP contribution in [0.5, 0.6) is 0 Å². The zero-order valence-corrected chi connectivity index (χ0v) is 18.3. The van der Waals surface area contributed by atoms with Gasteiger partial charge in [-0.3, -0.25) is 0 Å². The van der Waals surface area contributed by atoms with Gasteiger partial charge in [0, 0.05) is 0 Å². The third-order valence-electron chi connectivity index (χ3n) is 6.47. The molecule has 0 amide bonds. The standard InChI is InChI=1S/C27H20O6/c1-31-24(28)15-12-13-18-21(14-15)27(23(26(30)33-3)22(18)25(29)32-2)19-10-6-4-8-16(19)17-9-5-7-11-20(17)27/h4-14H,1-3H3. The molecule has 2 aliphatic carbocycles. The van der Waals surface area contributed by atoms with E-state index in [1.807, 2.05) is 48.5 Å². The molecule has 6 nitrogen and oxygen atoms in total. The largest absolute Gasteiger partial charge is 0.466 e. The van der Waals surface area contributed by atoms with Crippen LogP contribution in [0.15, 0.2) is 72.3 Å². The number of ether oxygens (including phenoxy) is 3. The number of fused-ring (bicyclic) bond motifs is 7. The Kier molecular flexibility index (Phi) is 4.67. The SMILES string of the molecule is COC(=O)C1=C(C(=O)OC)C2(c3cc(C(=O)OC)ccc31)c1ccccc1-c1ccccc12. The molecule has 0 unspecified atom stereocenters. The van der Waals surface area contributed by atoms with Crippen molar-refractivity contribution in [3.05, 3.63) is 100 Å². The Morgan fingerprint density at radius 1 is 0.606 bits per heavy atom. The first kappa shape index (κ1) is 20.7. The van der Waals surface area contributed by atoms with Crippen LogP contribution in [0.3, 0.4) is 0 Å². The molecule has 3 aromatic carbocycles. The van der Waals surface area contributed by atoms with Gasteiger partial charge in [0.2, 0.25) is 0 Å². The number of carbonyl (C=O) groups excluding carboxylic acids is 3. The summed E-state index contributed by atoms with van der Waals surface area (Å²) in [5.41, 5.74) is 4.14. The summed E-state index contributed by atoms with van der Waals surface area (Å²) in [4.78, 5) is 38.9. The summed E-state index contributed by atoms with van der Waals surface area (Å²) < 4.78 is 15.2. The Morgan fingerprint density at radius 3 is 1.70 bits per heavy atom. The van der Waals surface area contributed by atoms with Gasteiger partial charge in [-0.1, -0.05) is 54.6 Å². The van der Waals surface area contributed by atoms with Crippen molar-refractivity contribution < 1.29 is 28.6 Å². The highest BCUT2D eigenvalue weighted by Gasteiger charge is 2.57. The van der Waals surface area contributed by atoms with Gasteiger partial charge in [0.15, 0.2) is 0 Å². The van der Waals surface area contributed by atoms with Crippen LogP contribution in [0.1, 0.15) is 32.6 Å². The maximum Gasteiger partial charge on any atom is 0.339 e. The molecule has 0 radical (unpaired) electrons. The summed E-state index contributed by atoms with van der Waals surface area (Å²) >= 11 is 0. The van der Waals surface area contributed by atoms with Crippen molar-refractivity contribution in [3.63, 3.8) is 0 Å². The predicted molar refractivity (Wildman–Crippen MR) is 120 cm³/mol. The molecule has 2 aliphatic rings. The van der Waals surface area contributed by atoms with Gasteiger partial charge in [0.05, 0.1) is 43.5 Å². The molecular formula is C27H20O6. The molecule has 0 aliphatic heterocycles. The van der Waals surface area contributed by atoms with E-state index in [4.69, 9.17) is 14.2 Å². The molecule has 0 atom stereocenters. The molecule has 5 rings (SSSR count). The molecule has 33 heavy (non-hydrogen) atoms. The lowest BCUT2D eigenvalue weighted by Gasteiger charge is -2.31. The quantitative estimate of drug-likeness (QED) is 0.454. The number of carbonyl (C=O) groups is 3. The van der Waals surface area contributed by atoms with Gasteiger partial charge in [0.1, 0.15) is 0 Å². The zero-order valence-electron chi connectivity index (χ0n) is 18.3. The monoisotopic (exact) mass is 440 g/mol. The van der Waals surface area contributed by atoms with E-state index in [1.165, 1.54) is 21.3 Å². The van der Waals surface area contributed by atoms with Crippen molar-refractivity contribution in [2.75, 3.05) is 21.3 Å². The van der Waals surface area contributed by atoms with Crippen LogP contribution < -0.4 is 0 Å². The molecule has 0 bridgehead atoms. The molecule has 0 aromatic heterocycles. The first-order valence-corrected chi connectivity index (χ1v) is 10.3. The van der Waals surface area contributed by atoms with Crippen molar-refractivity contribution >= 4 is 23.5 Å². The lowest BCUT2D eigenvalue weighted by atomic mass is 9.69. The van der Waals surface area contributed by atoms with Crippen LogP contribution in [-0.2, 0) is 29.2 Å². The second kappa shape index (κ2) is 7.45. The number of esters is 3. The minimum absolute atomic E-state index is 0.127. The van der Waals surface area contributed by atoms with Gasteiger partial charge >= 0.3 is 17.9 Å². The van der Waals surface area contributed by atoms with Crippen LogP contribution in [0.4, 0.5) is 0 Å².